The number of hydrogen-bond acceptors (Lipinski definition) is 3. The van der Waals surface area contributed by atoms with Crippen LogP contribution in [0, 0.1) is 5.92 Å². The van der Waals surface area contributed by atoms with Gasteiger partial charge in [-0.1, -0.05) is 53.7 Å². The van der Waals surface area contributed by atoms with Crippen LogP contribution in [0.2, 0.25) is 16.6 Å². The van der Waals surface area contributed by atoms with E-state index in [-0.39, 0.29) is 18.1 Å². The average molecular weight is 383 g/mol. The molecule has 1 heterocycles. The molecule has 3 atom stereocenters. The van der Waals surface area contributed by atoms with Crippen LogP contribution in [0.1, 0.15) is 68.2 Å². The topological polar surface area (TPSA) is 27.7 Å². The normalized spacial score (nSPS) is 24.9. The molecule has 1 saturated heterocycles. The van der Waals surface area contributed by atoms with Crippen molar-refractivity contribution < 1.29 is 13.9 Å². The van der Waals surface area contributed by atoms with E-state index in [4.69, 9.17) is 13.9 Å². The van der Waals surface area contributed by atoms with Gasteiger partial charge in [0.05, 0.1) is 18.8 Å². The quantitative estimate of drug-likeness (QED) is 0.320. The van der Waals surface area contributed by atoms with Gasteiger partial charge >= 0.3 is 0 Å². The van der Waals surface area contributed by atoms with Crippen LogP contribution in [-0.2, 0) is 13.9 Å². The Balaban J connectivity index is 3.19. The largest absolute Gasteiger partial charge is 0.412 e. The summed E-state index contributed by atoms with van der Waals surface area (Å²) >= 11 is 0. The summed E-state index contributed by atoms with van der Waals surface area (Å²) in [6, 6.07) is 0. The molecule has 1 aliphatic rings. The van der Waals surface area contributed by atoms with E-state index in [2.05, 4.69) is 54.7 Å². The van der Waals surface area contributed by atoms with Crippen molar-refractivity contribution in [3.05, 3.63) is 25.3 Å². The second-order valence-corrected chi connectivity index (χ2v) is 14.5. The molecule has 0 radical (unpaired) electrons. The minimum atomic E-state index is -1.98. The minimum absolute atomic E-state index is 0.0689. The SMILES string of the molecule is C=CC[C@@H]1OC(C)(C)OC[C@@H]1[C@H](CC=C)O[Si](C(C)C)(C(C)C)C(C)C. The van der Waals surface area contributed by atoms with Crippen LogP contribution in [0.3, 0.4) is 0 Å². The summed E-state index contributed by atoms with van der Waals surface area (Å²) in [7, 11) is -1.98. The Labute approximate surface area is 163 Å². The maximum atomic E-state index is 7.12. The van der Waals surface area contributed by atoms with E-state index in [1.54, 1.807) is 0 Å². The number of hydrogen-bond donors (Lipinski definition) is 0. The molecule has 4 heteroatoms. The van der Waals surface area contributed by atoms with Gasteiger partial charge in [0.15, 0.2) is 5.79 Å². The summed E-state index contributed by atoms with van der Waals surface area (Å²) < 4.78 is 19.4. The standard InChI is InChI=1S/C22H42O3Si/c1-11-13-20-19(15-23-22(9,10)24-20)21(14-12-2)25-26(16(3)4,17(5)6)18(7)8/h11-12,16-21H,1-2,13-15H2,3-10H3/t19-,20-,21-/m0/s1. The molecule has 1 aliphatic heterocycles. The molecule has 1 rings (SSSR count). The van der Waals surface area contributed by atoms with Gasteiger partial charge in [-0.05, 0) is 43.3 Å². The highest BCUT2D eigenvalue weighted by Crippen LogP contribution is 2.45. The maximum Gasteiger partial charge on any atom is 0.200 e. The fourth-order valence-electron chi connectivity index (χ4n) is 4.77. The lowest BCUT2D eigenvalue weighted by atomic mass is 9.91. The lowest BCUT2D eigenvalue weighted by Gasteiger charge is -2.49. The van der Waals surface area contributed by atoms with Crippen LogP contribution in [0.5, 0.6) is 0 Å². The molecule has 0 amide bonds. The number of ether oxygens (including phenoxy) is 2. The zero-order chi connectivity index (χ0) is 20.1. The lowest BCUT2D eigenvalue weighted by Crippen LogP contribution is -2.56. The van der Waals surface area contributed by atoms with Crippen molar-refractivity contribution in [3.63, 3.8) is 0 Å². The van der Waals surface area contributed by atoms with E-state index in [1.165, 1.54) is 0 Å². The summed E-state index contributed by atoms with van der Waals surface area (Å²) in [5, 5.41) is 0. The summed E-state index contributed by atoms with van der Waals surface area (Å²) in [5.74, 6) is -0.354. The smallest absolute Gasteiger partial charge is 0.200 e. The molecule has 3 nitrogen and oxygen atoms in total. The van der Waals surface area contributed by atoms with E-state index in [0.29, 0.717) is 23.2 Å². The van der Waals surface area contributed by atoms with Crippen molar-refractivity contribution in [3.8, 4) is 0 Å². The molecule has 0 bridgehead atoms. The van der Waals surface area contributed by atoms with Crippen molar-refractivity contribution in [2.24, 2.45) is 5.92 Å². The Morgan fingerprint density at radius 3 is 2.00 bits per heavy atom. The predicted molar refractivity (Wildman–Crippen MR) is 114 cm³/mol. The average Bonchev–Trinajstić information content (AvgIpc) is 2.50. The second-order valence-electron chi connectivity index (χ2n) is 9.05. The first-order valence-electron chi connectivity index (χ1n) is 10.2. The van der Waals surface area contributed by atoms with Crippen LogP contribution < -0.4 is 0 Å². The van der Waals surface area contributed by atoms with Crippen LogP contribution >= 0.6 is 0 Å². The van der Waals surface area contributed by atoms with Gasteiger partial charge in [0.25, 0.3) is 0 Å². The Bertz CT molecular complexity index is 435. The summed E-state index contributed by atoms with van der Waals surface area (Å²) in [5.41, 5.74) is 1.65. The molecule has 26 heavy (non-hydrogen) atoms. The molecule has 0 saturated carbocycles. The van der Waals surface area contributed by atoms with Crippen LogP contribution in [-0.4, -0.2) is 32.9 Å². The fourth-order valence-corrected chi connectivity index (χ4v) is 10.4. The third kappa shape index (κ3) is 5.31. The zero-order valence-electron chi connectivity index (χ0n) is 18.4. The van der Waals surface area contributed by atoms with Crippen LogP contribution in [0.4, 0.5) is 0 Å². The van der Waals surface area contributed by atoms with Crippen molar-refractivity contribution >= 4 is 8.32 Å². The van der Waals surface area contributed by atoms with Gasteiger partial charge in [0.1, 0.15) is 0 Å². The molecular formula is C22H42O3Si. The highest BCUT2D eigenvalue weighted by molar-refractivity contribution is 6.77. The van der Waals surface area contributed by atoms with Crippen LogP contribution in [0.15, 0.2) is 25.3 Å². The highest BCUT2D eigenvalue weighted by atomic mass is 28.4. The van der Waals surface area contributed by atoms with Crippen molar-refractivity contribution in [1.82, 2.24) is 0 Å². The molecule has 0 aromatic carbocycles. The molecule has 0 aliphatic carbocycles. The van der Waals surface area contributed by atoms with Crippen LogP contribution in [0.25, 0.3) is 0 Å². The number of rotatable bonds is 10. The first-order valence-corrected chi connectivity index (χ1v) is 12.4. The van der Waals surface area contributed by atoms with Gasteiger partial charge < -0.3 is 13.9 Å². The van der Waals surface area contributed by atoms with Gasteiger partial charge in [-0.25, -0.2) is 0 Å². The molecule has 152 valence electrons. The Morgan fingerprint density at radius 1 is 1.04 bits per heavy atom. The van der Waals surface area contributed by atoms with E-state index < -0.39 is 14.1 Å². The molecule has 0 N–H and O–H groups in total. The molecule has 0 aromatic heterocycles. The van der Waals surface area contributed by atoms with Gasteiger partial charge in [0, 0.05) is 5.92 Å². The maximum absolute atomic E-state index is 7.12. The van der Waals surface area contributed by atoms with E-state index in [1.807, 2.05) is 26.0 Å². The predicted octanol–water partition coefficient (Wildman–Crippen LogP) is 6.47. The molecule has 1 fully saturated rings. The highest BCUT2D eigenvalue weighted by Gasteiger charge is 2.49. The summed E-state index contributed by atoms with van der Waals surface area (Å²) in [6.07, 6.45) is 5.71. The molecule has 0 aromatic rings. The van der Waals surface area contributed by atoms with Crippen molar-refractivity contribution in [2.45, 2.75) is 103 Å². The van der Waals surface area contributed by atoms with Gasteiger partial charge in [0.2, 0.25) is 8.32 Å². The lowest BCUT2D eigenvalue weighted by molar-refractivity contribution is -0.300. The second kappa shape index (κ2) is 9.68. The fraction of sp³-hybridized carbons (Fsp3) is 0.818. The van der Waals surface area contributed by atoms with Gasteiger partial charge in [-0.3, -0.25) is 0 Å². The Kier molecular flexibility index (Phi) is 8.79. The van der Waals surface area contributed by atoms with E-state index >= 15 is 0 Å². The molecule has 0 spiro atoms. The third-order valence-corrected chi connectivity index (χ3v) is 12.0. The zero-order valence-corrected chi connectivity index (χ0v) is 19.4. The molecule has 0 unspecified atom stereocenters. The Hall–Kier alpha value is -0.423. The Morgan fingerprint density at radius 2 is 1.58 bits per heavy atom. The van der Waals surface area contributed by atoms with E-state index in [0.717, 1.165) is 12.8 Å². The first-order chi connectivity index (χ1) is 12.0. The van der Waals surface area contributed by atoms with Gasteiger partial charge in [-0.15, -0.1) is 13.2 Å². The summed E-state index contributed by atoms with van der Waals surface area (Å²) in [6.45, 7) is 26.5. The summed E-state index contributed by atoms with van der Waals surface area (Å²) in [4.78, 5) is 0. The monoisotopic (exact) mass is 382 g/mol. The van der Waals surface area contributed by atoms with E-state index in [9.17, 15) is 0 Å². The van der Waals surface area contributed by atoms with Crippen molar-refractivity contribution in [2.75, 3.05) is 6.61 Å². The van der Waals surface area contributed by atoms with Crippen molar-refractivity contribution in [1.29, 1.82) is 0 Å². The molecular weight excluding hydrogens is 340 g/mol. The minimum Gasteiger partial charge on any atom is -0.412 e. The third-order valence-electron chi connectivity index (χ3n) is 5.87. The first kappa shape index (κ1) is 23.6. The van der Waals surface area contributed by atoms with Gasteiger partial charge in [-0.2, -0.15) is 0 Å².